The summed E-state index contributed by atoms with van der Waals surface area (Å²) in [4.78, 5) is 21.0. The van der Waals surface area contributed by atoms with Gasteiger partial charge in [0.05, 0.1) is 0 Å². The van der Waals surface area contributed by atoms with Crippen LogP contribution in [0.5, 0.6) is 0 Å². The maximum Gasteiger partial charge on any atom is 0.259 e. The summed E-state index contributed by atoms with van der Waals surface area (Å²) in [5.41, 5.74) is 1.73. The lowest BCUT2D eigenvalue weighted by molar-refractivity contribution is 0.0984. The smallest absolute Gasteiger partial charge is 0.259 e. The first-order valence-corrected chi connectivity index (χ1v) is 7.19. The molecule has 0 N–H and O–H groups in total. The van der Waals surface area contributed by atoms with Crippen molar-refractivity contribution in [3.05, 3.63) is 54.2 Å². The second-order valence-electron chi connectivity index (χ2n) is 5.54. The van der Waals surface area contributed by atoms with Gasteiger partial charge in [0, 0.05) is 37.6 Å². The lowest BCUT2D eigenvalue weighted by atomic mass is 10.1. The highest BCUT2D eigenvalue weighted by Crippen LogP contribution is 2.32. The highest BCUT2D eigenvalue weighted by molar-refractivity contribution is 6.06. The molecule has 1 fully saturated rings. The van der Waals surface area contributed by atoms with E-state index < -0.39 is 0 Å². The first-order chi connectivity index (χ1) is 10.2. The largest absolute Gasteiger partial charge is 0.378 e. The maximum absolute atomic E-state index is 12.9. The second kappa shape index (κ2) is 5.56. The van der Waals surface area contributed by atoms with Crippen LogP contribution in [-0.2, 0) is 0 Å². The number of rotatable bonds is 4. The van der Waals surface area contributed by atoms with Crippen molar-refractivity contribution in [2.45, 2.75) is 18.9 Å². The Morgan fingerprint density at radius 3 is 2.57 bits per heavy atom. The van der Waals surface area contributed by atoms with E-state index in [2.05, 4.69) is 4.98 Å². The van der Waals surface area contributed by atoms with Gasteiger partial charge in [-0.2, -0.15) is 0 Å². The van der Waals surface area contributed by atoms with Crippen molar-refractivity contribution in [1.82, 2.24) is 4.98 Å². The van der Waals surface area contributed by atoms with Crippen LogP contribution in [0, 0.1) is 0 Å². The lowest BCUT2D eigenvalue weighted by Crippen LogP contribution is -2.33. The van der Waals surface area contributed by atoms with Crippen molar-refractivity contribution in [2.75, 3.05) is 23.9 Å². The number of hydrogen-bond donors (Lipinski definition) is 0. The fourth-order valence-electron chi connectivity index (χ4n) is 2.34. The molecule has 1 amide bonds. The minimum absolute atomic E-state index is 0.0277. The molecule has 1 aliphatic rings. The Balaban J connectivity index is 1.93. The monoisotopic (exact) mass is 281 g/mol. The van der Waals surface area contributed by atoms with E-state index >= 15 is 0 Å². The van der Waals surface area contributed by atoms with E-state index in [0.29, 0.717) is 5.56 Å². The van der Waals surface area contributed by atoms with Crippen LogP contribution in [0.4, 0.5) is 11.5 Å². The Hall–Kier alpha value is -2.36. The Morgan fingerprint density at radius 2 is 1.95 bits per heavy atom. The number of pyridine rings is 1. The summed E-state index contributed by atoms with van der Waals surface area (Å²) in [6, 6.07) is 13.7. The third-order valence-corrected chi connectivity index (χ3v) is 3.64. The molecular formula is C17H19N3O. The average molecular weight is 281 g/mol. The zero-order valence-electron chi connectivity index (χ0n) is 12.4. The topological polar surface area (TPSA) is 36.4 Å². The number of amides is 1. The molecule has 1 aromatic heterocycles. The number of carbonyl (C=O) groups excluding carboxylic acids is 1. The summed E-state index contributed by atoms with van der Waals surface area (Å²) in [5.74, 6) is 0.764. The van der Waals surface area contributed by atoms with Crippen molar-refractivity contribution in [3.8, 4) is 0 Å². The van der Waals surface area contributed by atoms with Gasteiger partial charge in [-0.1, -0.05) is 12.1 Å². The third-order valence-electron chi connectivity index (χ3n) is 3.64. The number of nitrogens with zero attached hydrogens (tertiary/aromatic N) is 3. The Labute approximate surface area is 125 Å². The van der Waals surface area contributed by atoms with Crippen LogP contribution < -0.4 is 9.80 Å². The summed E-state index contributed by atoms with van der Waals surface area (Å²) in [6.45, 7) is 0. The Kier molecular flexibility index (Phi) is 3.60. The molecule has 0 spiro atoms. The molecule has 1 saturated carbocycles. The van der Waals surface area contributed by atoms with E-state index in [4.69, 9.17) is 0 Å². The molecule has 2 aromatic rings. The zero-order valence-corrected chi connectivity index (χ0v) is 12.4. The fourth-order valence-corrected chi connectivity index (χ4v) is 2.34. The molecule has 3 rings (SSSR count). The van der Waals surface area contributed by atoms with Gasteiger partial charge in [0.2, 0.25) is 0 Å². The molecule has 0 radical (unpaired) electrons. The van der Waals surface area contributed by atoms with Crippen LogP contribution in [0.15, 0.2) is 48.7 Å². The summed E-state index contributed by atoms with van der Waals surface area (Å²) in [7, 11) is 3.95. The van der Waals surface area contributed by atoms with Crippen molar-refractivity contribution >= 4 is 17.4 Å². The molecule has 1 aromatic carbocycles. The van der Waals surface area contributed by atoms with E-state index in [-0.39, 0.29) is 11.9 Å². The van der Waals surface area contributed by atoms with E-state index in [9.17, 15) is 4.79 Å². The van der Waals surface area contributed by atoms with Crippen LogP contribution in [0.2, 0.25) is 0 Å². The van der Waals surface area contributed by atoms with Crippen molar-refractivity contribution in [3.63, 3.8) is 0 Å². The molecule has 4 heteroatoms. The highest BCUT2D eigenvalue weighted by Gasteiger charge is 2.35. The van der Waals surface area contributed by atoms with E-state index in [1.54, 1.807) is 6.20 Å². The predicted octanol–water partition coefficient (Wildman–Crippen LogP) is 2.96. The Bertz CT molecular complexity index is 635. The number of carbonyl (C=O) groups is 1. The van der Waals surface area contributed by atoms with Gasteiger partial charge < -0.3 is 4.90 Å². The summed E-state index contributed by atoms with van der Waals surface area (Å²) < 4.78 is 0. The van der Waals surface area contributed by atoms with Gasteiger partial charge in [-0.05, 0) is 43.2 Å². The van der Waals surface area contributed by atoms with Gasteiger partial charge >= 0.3 is 0 Å². The molecule has 0 unspecified atom stereocenters. The van der Waals surface area contributed by atoms with E-state index in [1.165, 1.54) is 0 Å². The minimum atomic E-state index is 0.0277. The molecule has 4 nitrogen and oxygen atoms in total. The number of aromatic nitrogens is 1. The third kappa shape index (κ3) is 2.89. The van der Waals surface area contributed by atoms with Crippen LogP contribution in [0.25, 0.3) is 0 Å². The number of benzene rings is 1. The predicted molar refractivity (Wildman–Crippen MR) is 84.8 cm³/mol. The molecule has 0 bridgehead atoms. The Morgan fingerprint density at radius 1 is 1.14 bits per heavy atom. The number of hydrogen-bond acceptors (Lipinski definition) is 3. The van der Waals surface area contributed by atoms with Crippen LogP contribution >= 0.6 is 0 Å². The van der Waals surface area contributed by atoms with Gasteiger partial charge in [-0.25, -0.2) is 4.98 Å². The standard InChI is InChI=1S/C17H19N3O/c1-19(2)15-7-5-6-13(12-15)17(21)20(14-9-10-14)16-8-3-4-11-18-16/h3-8,11-12,14H,9-10H2,1-2H3. The lowest BCUT2D eigenvalue weighted by Gasteiger charge is -2.22. The SMILES string of the molecule is CN(C)c1cccc(C(=O)N(c2ccccn2)C2CC2)c1. The zero-order chi connectivity index (χ0) is 14.8. The minimum Gasteiger partial charge on any atom is -0.378 e. The normalized spacial score (nSPS) is 13.8. The van der Waals surface area contributed by atoms with Gasteiger partial charge in [0.1, 0.15) is 5.82 Å². The summed E-state index contributed by atoms with van der Waals surface area (Å²) in [6.07, 6.45) is 3.83. The first kappa shape index (κ1) is 13.6. The average Bonchev–Trinajstić information content (AvgIpc) is 3.33. The molecule has 108 valence electrons. The molecule has 21 heavy (non-hydrogen) atoms. The second-order valence-corrected chi connectivity index (χ2v) is 5.54. The molecule has 0 atom stereocenters. The van der Waals surface area contributed by atoms with Crippen LogP contribution in [-0.4, -0.2) is 31.0 Å². The summed E-state index contributed by atoms with van der Waals surface area (Å²) in [5, 5.41) is 0. The molecule has 0 saturated heterocycles. The van der Waals surface area contributed by atoms with Crippen LogP contribution in [0.3, 0.4) is 0 Å². The van der Waals surface area contributed by atoms with Gasteiger partial charge in [-0.3, -0.25) is 9.69 Å². The molecule has 0 aliphatic heterocycles. The maximum atomic E-state index is 12.9. The van der Waals surface area contributed by atoms with Crippen molar-refractivity contribution < 1.29 is 4.79 Å². The number of anilines is 2. The highest BCUT2D eigenvalue weighted by atomic mass is 16.2. The molecule has 1 heterocycles. The van der Waals surface area contributed by atoms with Crippen molar-refractivity contribution in [2.24, 2.45) is 0 Å². The van der Waals surface area contributed by atoms with Crippen LogP contribution in [0.1, 0.15) is 23.2 Å². The van der Waals surface area contributed by atoms with Gasteiger partial charge in [0.15, 0.2) is 0 Å². The molecular weight excluding hydrogens is 262 g/mol. The first-order valence-electron chi connectivity index (χ1n) is 7.19. The van der Waals surface area contributed by atoms with E-state index in [0.717, 1.165) is 24.3 Å². The van der Waals surface area contributed by atoms with E-state index in [1.807, 2.05) is 66.4 Å². The quantitative estimate of drug-likeness (QED) is 0.864. The molecule has 1 aliphatic carbocycles. The summed E-state index contributed by atoms with van der Waals surface area (Å²) >= 11 is 0. The van der Waals surface area contributed by atoms with Crippen molar-refractivity contribution in [1.29, 1.82) is 0 Å². The van der Waals surface area contributed by atoms with Gasteiger partial charge in [-0.15, -0.1) is 0 Å². The van der Waals surface area contributed by atoms with Gasteiger partial charge in [0.25, 0.3) is 5.91 Å². The fraction of sp³-hybridized carbons (Fsp3) is 0.294.